The lowest BCUT2D eigenvalue weighted by Crippen LogP contribution is -2.11. The second kappa shape index (κ2) is 7.69. The fourth-order valence-corrected chi connectivity index (χ4v) is 2.36. The van der Waals surface area contributed by atoms with Gasteiger partial charge in [-0.1, -0.05) is 26.8 Å². The number of nitrogens with one attached hydrogen (secondary N) is 1. The van der Waals surface area contributed by atoms with Gasteiger partial charge in [-0.15, -0.1) is 11.8 Å². The van der Waals surface area contributed by atoms with E-state index in [4.69, 9.17) is 0 Å². The monoisotopic (exact) mass is 238 g/mol. The summed E-state index contributed by atoms with van der Waals surface area (Å²) in [6.45, 7) is 8.55. The van der Waals surface area contributed by atoms with Crippen LogP contribution >= 0.6 is 11.8 Å². The average molecular weight is 238 g/mol. The molecule has 16 heavy (non-hydrogen) atoms. The minimum Gasteiger partial charge on any atom is -0.313 e. The number of hydrogen-bond acceptors (Lipinski definition) is 3. The van der Waals surface area contributed by atoms with Gasteiger partial charge >= 0.3 is 0 Å². The van der Waals surface area contributed by atoms with E-state index in [2.05, 4.69) is 43.2 Å². The summed E-state index contributed by atoms with van der Waals surface area (Å²) in [5.74, 6) is 1.94. The van der Waals surface area contributed by atoms with Crippen molar-refractivity contribution in [1.29, 1.82) is 0 Å². The third-order valence-electron chi connectivity index (χ3n) is 2.32. The van der Waals surface area contributed by atoms with Crippen LogP contribution in [0.25, 0.3) is 0 Å². The van der Waals surface area contributed by atoms with Crippen LogP contribution in [-0.2, 0) is 6.54 Å². The van der Waals surface area contributed by atoms with Gasteiger partial charge in [0.15, 0.2) is 0 Å². The normalized spacial score (nSPS) is 11.0. The van der Waals surface area contributed by atoms with Crippen LogP contribution in [0.15, 0.2) is 23.4 Å². The quantitative estimate of drug-likeness (QED) is 0.738. The van der Waals surface area contributed by atoms with Crippen LogP contribution in [0.2, 0.25) is 0 Å². The van der Waals surface area contributed by atoms with Crippen molar-refractivity contribution in [3.05, 3.63) is 23.9 Å². The second-order valence-electron chi connectivity index (χ2n) is 4.32. The number of pyridine rings is 1. The van der Waals surface area contributed by atoms with E-state index in [1.165, 1.54) is 12.0 Å². The smallest absolute Gasteiger partial charge is 0.0960 e. The highest BCUT2D eigenvalue weighted by Crippen LogP contribution is 2.18. The Morgan fingerprint density at radius 2 is 2.19 bits per heavy atom. The highest BCUT2D eigenvalue weighted by atomic mass is 32.2. The summed E-state index contributed by atoms with van der Waals surface area (Å²) in [6, 6.07) is 4.28. The number of nitrogens with zero attached hydrogens (tertiary/aromatic N) is 1. The molecule has 0 bridgehead atoms. The topological polar surface area (TPSA) is 24.9 Å². The Kier molecular flexibility index (Phi) is 6.50. The van der Waals surface area contributed by atoms with Gasteiger partial charge in [0.1, 0.15) is 0 Å². The Morgan fingerprint density at radius 1 is 1.38 bits per heavy atom. The van der Waals surface area contributed by atoms with Crippen molar-refractivity contribution >= 4 is 11.8 Å². The molecule has 1 N–H and O–H groups in total. The molecule has 1 aromatic rings. The molecule has 0 radical (unpaired) electrons. The molecule has 1 heterocycles. The summed E-state index contributed by atoms with van der Waals surface area (Å²) in [7, 11) is 0. The zero-order valence-corrected chi connectivity index (χ0v) is 11.3. The van der Waals surface area contributed by atoms with Crippen molar-refractivity contribution in [2.45, 2.75) is 38.8 Å². The molecule has 1 aromatic heterocycles. The SMILES string of the molecule is CCNCc1ccc(SCCC(C)C)nc1. The van der Waals surface area contributed by atoms with Gasteiger partial charge in [-0.3, -0.25) is 0 Å². The zero-order valence-electron chi connectivity index (χ0n) is 10.5. The van der Waals surface area contributed by atoms with E-state index in [1.54, 1.807) is 0 Å². The van der Waals surface area contributed by atoms with Crippen LogP contribution in [0, 0.1) is 5.92 Å². The van der Waals surface area contributed by atoms with Gasteiger partial charge in [0.25, 0.3) is 0 Å². The minimum atomic E-state index is 0.778. The van der Waals surface area contributed by atoms with Crippen molar-refractivity contribution in [1.82, 2.24) is 10.3 Å². The van der Waals surface area contributed by atoms with Gasteiger partial charge in [0, 0.05) is 12.7 Å². The standard InChI is InChI=1S/C13H22N2S/c1-4-14-9-12-5-6-13(15-10-12)16-8-7-11(2)3/h5-6,10-11,14H,4,7-9H2,1-3H3. The van der Waals surface area contributed by atoms with E-state index in [9.17, 15) is 0 Å². The van der Waals surface area contributed by atoms with Crippen LogP contribution in [0.1, 0.15) is 32.8 Å². The van der Waals surface area contributed by atoms with Crippen molar-refractivity contribution in [2.24, 2.45) is 5.92 Å². The maximum Gasteiger partial charge on any atom is 0.0960 e. The van der Waals surface area contributed by atoms with Gasteiger partial charge in [-0.05, 0) is 36.3 Å². The molecule has 0 aliphatic heterocycles. The van der Waals surface area contributed by atoms with E-state index in [1.807, 2.05) is 18.0 Å². The van der Waals surface area contributed by atoms with E-state index < -0.39 is 0 Å². The van der Waals surface area contributed by atoms with E-state index in [0.717, 1.165) is 29.8 Å². The Bertz CT molecular complexity index is 282. The number of thioether (sulfide) groups is 1. The van der Waals surface area contributed by atoms with Gasteiger partial charge in [0.05, 0.1) is 5.03 Å². The first kappa shape index (κ1) is 13.5. The zero-order chi connectivity index (χ0) is 11.8. The molecule has 2 nitrogen and oxygen atoms in total. The fraction of sp³-hybridized carbons (Fsp3) is 0.615. The van der Waals surface area contributed by atoms with Crippen molar-refractivity contribution < 1.29 is 0 Å². The molecule has 0 unspecified atom stereocenters. The lowest BCUT2D eigenvalue weighted by molar-refractivity contribution is 0.632. The van der Waals surface area contributed by atoms with E-state index >= 15 is 0 Å². The first-order valence-corrected chi connectivity index (χ1v) is 6.99. The predicted molar refractivity (Wildman–Crippen MR) is 71.8 cm³/mol. The highest BCUT2D eigenvalue weighted by molar-refractivity contribution is 7.99. The lowest BCUT2D eigenvalue weighted by Gasteiger charge is -2.05. The van der Waals surface area contributed by atoms with Crippen molar-refractivity contribution in [3.63, 3.8) is 0 Å². The third-order valence-corrected chi connectivity index (χ3v) is 3.30. The minimum absolute atomic E-state index is 0.778. The van der Waals surface area contributed by atoms with Crippen molar-refractivity contribution in [2.75, 3.05) is 12.3 Å². The van der Waals surface area contributed by atoms with Crippen LogP contribution in [0.5, 0.6) is 0 Å². The molecular formula is C13H22N2S. The van der Waals surface area contributed by atoms with Crippen molar-refractivity contribution in [3.8, 4) is 0 Å². The molecule has 0 atom stereocenters. The number of aromatic nitrogens is 1. The van der Waals surface area contributed by atoms with Gasteiger partial charge in [-0.2, -0.15) is 0 Å². The summed E-state index contributed by atoms with van der Waals surface area (Å²) in [5, 5.41) is 4.44. The molecule has 0 amide bonds. The van der Waals surface area contributed by atoms with Gasteiger partial charge in [0.2, 0.25) is 0 Å². The summed E-state index contributed by atoms with van der Waals surface area (Å²) in [6.07, 6.45) is 3.23. The van der Waals surface area contributed by atoms with E-state index in [-0.39, 0.29) is 0 Å². The molecule has 0 aliphatic carbocycles. The molecule has 0 saturated carbocycles. The molecule has 1 rings (SSSR count). The highest BCUT2D eigenvalue weighted by Gasteiger charge is 1.98. The molecule has 3 heteroatoms. The Morgan fingerprint density at radius 3 is 2.75 bits per heavy atom. The van der Waals surface area contributed by atoms with E-state index in [0.29, 0.717) is 0 Å². The Labute approximate surface area is 103 Å². The lowest BCUT2D eigenvalue weighted by atomic mass is 10.2. The van der Waals surface area contributed by atoms with Crippen LogP contribution in [-0.4, -0.2) is 17.3 Å². The molecule has 0 aliphatic rings. The van der Waals surface area contributed by atoms with Gasteiger partial charge < -0.3 is 5.32 Å². The maximum atomic E-state index is 4.45. The summed E-state index contributed by atoms with van der Waals surface area (Å²) >= 11 is 1.85. The number of rotatable bonds is 7. The largest absolute Gasteiger partial charge is 0.313 e. The second-order valence-corrected chi connectivity index (χ2v) is 5.43. The summed E-state index contributed by atoms with van der Waals surface area (Å²) in [4.78, 5) is 4.45. The Balaban J connectivity index is 2.33. The predicted octanol–water partition coefficient (Wildman–Crippen LogP) is 3.33. The first-order chi connectivity index (χ1) is 7.72. The van der Waals surface area contributed by atoms with Gasteiger partial charge in [-0.25, -0.2) is 4.98 Å². The molecule has 0 aromatic carbocycles. The molecular weight excluding hydrogens is 216 g/mol. The van der Waals surface area contributed by atoms with Crippen LogP contribution < -0.4 is 5.32 Å². The Hall–Kier alpha value is -0.540. The molecule has 0 fully saturated rings. The van der Waals surface area contributed by atoms with Crippen LogP contribution in [0.4, 0.5) is 0 Å². The van der Waals surface area contributed by atoms with Crippen LogP contribution in [0.3, 0.4) is 0 Å². The number of hydrogen-bond donors (Lipinski definition) is 1. The third kappa shape index (κ3) is 5.52. The maximum absolute atomic E-state index is 4.45. The summed E-state index contributed by atoms with van der Waals surface area (Å²) < 4.78 is 0. The first-order valence-electron chi connectivity index (χ1n) is 6.00. The molecule has 0 spiro atoms. The molecule has 0 saturated heterocycles. The average Bonchev–Trinajstić information content (AvgIpc) is 2.27. The fourth-order valence-electron chi connectivity index (χ4n) is 1.27. The molecule has 90 valence electrons. The summed E-state index contributed by atoms with van der Waals surface area (Å²) in [5.41, 5.74) is 1.26.